The molecule has 0 bridgehead atoms. The average Bonchev–Trinajstić information content (AvgIpc) is 3.35. The van der Waals surface area contributed by atoms with Gasteiger partial charge in [-0.15, -0.1) is 0 Å². The Hall–Kier alpha value is -4.20. The molecule has 0 aromatic heterocycles. The Morgan fingerprint density at radius 1 is 0.951 bits per heavy atom. The first kappa shape index (κ1) is 29.8. The zero-order valence-corrected chi connectivity index (χ0v) is 24.1. The highest BCUT2D eigenvalue weighted by atomic mass is 19.1. The highest BCUT2D eigenvalue weighted by Crippen LogP contribution is 2.34. The maximum Gasteiger partial charge on any atom is 0.415 e. The molecule has 0 radical (unpaired) electrons. The van der Waals surface area contributed by atoms with E-state index in [0.29, 0.717) is 30.0 Å². The van der Waals surface area contributed by atoms with E-state index in [1.807, 2.05) is 32.0 Å². The Balaban J connectivity index is 1.57. The second-order valence-electron chi connectivity index (χ2n) is 10.9. The average molecular weight is 562 g/mol. The van der Waals surface area contributed by atoms with Gasteiger partial charge in [0.1, 0.15) is 17.3 Å². The smallest absolute Gasteiger partial charge is 0.415 e. The van der Waals surface area contributed by atoms with Gasteiger partial charge in [-0.3, -0.25) is 4.79 Å². The van der Waals surface area contributed by atoms with Gasteiger partial charge in [-0.05, 0) is 100 Å². The second kappa shape index (κ2) is 12.5. The highest BCUT2D eigenvalue weighted by Gasteiger charge is 2.41. The number of para-hydroxylation sites is 1. The number of rotatable bonds is 9. The third kappa shape index (κ3) is 7.12. The molecule has 3 aromatic carbocycles. The van der Waals surface area contributed by atoms with Crippen molar-refractivity contribution in [2.75, 3.05) is 19.7 Å². The summed E-state index contributed by atoms with van der Waals surface area (Å²) in [7, 11) is 0. The molecule has 7 nitrogen and oxygen atoms in total. The van der Waals surface area contributed by atoms with Crippen LogP contribution in [0.1, 0.15) is 47.8 Å². The summed E-state index contributed by atoms with van der Waals surface area (Å²) in [5.41, 5.74) is 1.90. The van der Waals surface area contributed by atoms with E-state index in [-0.39, 0.29) is 24.9 Å². The number of hydrogen-bond acceptors (Lipinski definition) is 6. The Labute approximate surface area is 240 Å². The zero-order chi connectivity index (χ0) is 29.7. The standard InChI is InChI=1S/C33H36FNO6/c1-6-39-31(37)33(4,5)41-30-21(2)16-23(17-22(30)3)18-25-19-35(32(38)40-27-10-8-7-9-11-27)20-28(25)29(36)24-12-14-26(34)15-13-24/h7-17,25,28H,6,18-20H2,1-5H3/t25-,28?/m0/s1. The van der Waals surface area contributed by atoms with E-state index in [9.17, 15) is 18.8 Å². The molecule has 41 heavy (non-hydrogen) atoms. The van der Waals surface area contributed by atoms with E-state index in [4.69, 9.17) is 14.2 Å². The highest BCUT2D eigenvalue weighted by molar-refractivity contribution is 5.98. The van der Waals surface area contributed by atoms with Crippen molar-refractivity contribution < 1.29 is 33.0 Å². The predicted octanol–water partition coefficient (Wildman–Crippen LogP) is 6.34. The van der Waals surface area contributed by atoms with E-state index in [1.165, 1.54) is 24.3 Å². The Morgan fingerprint density at radius 2 is 1.59 bits per heavy atom. The zero-order valence-electron chi connectivity index (χ0n) is 24.1. The molecular formula is C33H36FNO6. The first-order valence-electron chi connectivity index (χ1n) is 13.8. The third-order valence-electron chi connectivity index (χ3n) is 7.26. The van der Waals surface area contributed by atoms with E-state index in [2.05, 4.69) is 0 Å². The topological polar surface area (TPSA) is 82.1 Å². The van der Waals surface area contributed by atoms with Gasteiger partial charge in [0.15, 0.2) is 11.4 Å². The van der Waals surface area contributed by atoms with Crippen molar-refractivity contribution in [1.29, 1.82) is 0 Å². The Kier molecular flexibility index (Phi) is 9.11. The van der Waals surface area contributed by atoms with Gasteiger partial charge in [-0.1, -0.05) is 30.3 Å². The van der Waals surface area contributed by atoms with Crippen molar-refractivity contribution in [3.8, 4) is 11.5 Å². The molecule has 0 aliphatic carbocycles. The lowest BCUT2D eigenvalue weighted by Crippen LogP contribution is -2.40. The number of likely N-dealkylation sites (tertiary alicyclic amines) is 1. The summed E-state index contributed by atoms with van der Waals surface area (Å²) in [5.74, 6) is -0.675. The fourth-order valence-electron chi connectivity index (χ4n) is 5.23. The Bertz CT molecular complexity index is 1380. The van der Waals surface area contributed by atoms with E-state index in [1.54, 1.807) is 49.9 Å². The van der Waals surface area contributed by atoms with Crippen LogP contribution in [0.25, 0.3) is 0 Å². The minimum Gasteiger partial charge on any atom is -0.476 e. The summed E-state index contributed by atoms with van der Waals surface area (Å²) in [5, 5.41) is 0. The fraction of sp³-hybridized carbons (Fsp3) is 0.364. The van der Waals surface area contributed by atoms with Gasteiger partial charge >= 0.3 is 12.1 Å². The van der Waals surface area contributed by atoms with Crippen molar-refractivity contribution in [1.82, 2.24) is 4.90 Å². The molecule has 0 spiro atoms. The van der Waals surface area contributed by atoms with Crippen LogP contribution in [0.15, 0.2) is 66.7 Å². The molecule has 2 atom stereocenters. The molecule has 0 saturated carbocycles. The fourth-order valence-corrected chi connectivity index (χ4v) is 5.23. The number of halogens is 1. The number of ether oxygens (including phenoxy) is 3. The van der Waals surface area contributed by atoms with Crippen LogP contribution in [-0.2, 0) is 16.0 Å². The van der Waals surface area contributed by atoms with Gasteiger partial charge in [0.05, 0.1) is 6.61 Å². The molecule has 1 amide bonds. The lowest BCUT2D eigenvalue weighted by atomic mass is 9.84. The number of benzene rings is 3. The summed E-state index contributed by atoms with van der Waals surface area (Å²) >= 11 is 0. The molecule has 1 aliphatic heterocycles. The maximum atomic E-state index is 13.6. The first-order valence-corrected chi connectivity index (χ1v) is 13.8. The maximum absolute atomic E-state index is 13.6. The number of ketones is 1. The molecule has 4 rings (SSSR count). The molecule has 1 unspecified atom stereocenters. The molecule has 8 heteroatoms. The number of amides is 1. The van der Waals surface area contributed by atoms with Gasteiger partial charge in [0, 0.05) is 24.6 Å². The number of Topliss-reactive ketones (excluding diaryl/α,β-unsaturated/α-hetero) is 1. The summed E-state index contributed by atoms with van der Waals surface area (Å²) in [6.45, 7) is 9.69. The second-order valence-corrected chi connectivity index (χ2v) is 10.9. The number of esters is 1. The minimum atomic E-state index is -1.16. The van der Waals surface area contributed by atoms with E-state index in [0.717, 1.165) is 16.7 Å². The van der Waals surface area contributed by atoms with Crippen molar-refractivity contribution >= 4 is 17.8 Å². The molecule has 1 fully saturated rings. The van der Waals surface area contributed by atoms with Crippen LogP contribution in [0, 0.1) is 31.5 Å². The van der Waals surface area contributed by atoms with Crippen LogP contribution in [0.2, 0.25) is 0 Å². The normalized spacial score (nSPS) is 16.8. The monoisotopic (exact) mass is 561 g/mol. The van der Waals surface area contributed by atoms with E-state index < -0.39 is 29.4 Å². The van der Waals surface area contributed by atoms with Gasteiger partial charge in [-0.2, -0.15) is 0 Å². The van der Waals surface area contributed by atoms with Crippen molar-refractivity contribution in [2.24, 2.45) is 11.8 Å². The Morgan fingerprint density at radius 3 is 2.20 bits per heavy atom. The third-order valence-corrected chi connectivity index (χ3v) is 7.26. The van der Waals surface area contributed by atoms with Crippen LogP contribution in [-0.4, -0.2) is 48.0 Å². The van der Waals surface area contributed by atoms with Gasteiger partial charge in [-0.25, -0.2) is 14.0 Å². The van der Waals surface area contributed by atoms with Gasteiger partial charge in [0.25, 0.3) is 0 Å². The van der Waals surface area contributed by atoms with Crippen LogP contribution in [0.3, 0.4) is 0 Å². The van der Waals surface area contributed by atoms with Gasteiger partial charge < -0.3 is 19.1 Å². The largest absolute Gasteiger partial charge is 0.476 e. The van der Waals surface area contributed by atoms with Crippen LogP contribution in [0.4, 0.5) is 9.18 Å². The molecule has 1 saturated heterocycles. The molecule has 1 heterocycles. The predicted molar refractivity (Wildman–Crippen MR) is 153 cm³/mol. The molecule has 216 valence electrons. The minimum absolute atomic E-state index is 0.144. The molecule has 0 N–H and O–H groups in total. The number of hydrogen-bond donors (Lipinski definition) is 0. The van der Waals surface area contributed by atoms with Crippen LogP contribution in [0.5, 0.6) is 11.5 Å². The summed E-state index contributed by atoms with van der Waals surface area (Å²) in [6, 6.07) is 18.2. The molecule has 3 aromatic rings. The summed E-state index contributed by atoms with van der Waals surface area (Å²) in [4.78, 5) is 40.6. The first-order chi connectivity index (χ1) is 19.5. The summed E-state index contributed by atoms with van der Waals surface area (Å²) in [6.07, 6.45) is 0.00331. The lowest BCUT2D eigenvalue weighted by molar-refractivity contribution is -0.158. The number of aryl methyl sites for hydroxylation is 2. The number of carbonyl (C=O) groups excluding carboxylic acids is 3. The van der Waals surface area contributed by atoms with Crippen molar-refractivity contribution in [3.05, 3.63) is 94.8 Å². The van der Waals surface area contributed by atoms with Crippen LogP contribution < -0.4 is 9.47 Å². The SMILES string of the molecule is CCOC(=O)C(C)(C)Oc1c(C)cc(C[C@H]2CN(C(=O)Oc3ccccc3)CC2C(=O)c2ccc(F)cc2)cc1C. The van der Waals surface area contributed by atoms with Gasteiger partial charge in [0.2, 0.25) is 0 Å². The lowest BCUT2D eigenvalue weighted by Gasteiger charge is -2.27. The number of nitrogens with zero attached hydrogens (tertiary/aromatic N) is 1. The number of carbonyl (C=O) groups is 3. The quantitative estimate of drug-likeness (QED) is 0.224. The summed E-state index contributed by atoms with van der Waals surface area (Å²) < 4.78 is 30.4. The van der Waals surface area contributed by atoms with Crippen molar-refractivity contribution in [3.63, 3.8) is 0 Å². The van der Waals surface area contributed by atoms with Crippen LogP contribution >= 0.6 is 0 Å². The van der Waals surface area contributed by atoms with E-state index >= 15 is 0 Å². The molecule has 1 aliphatic rings. The molecular weight excluding hydrogens is 525 g/mol. The van der Waals surface area contributed by atoms with Crippen molar-refractivity contribution in [2.45, 2.75) is 46.6 Å².